The van der Waals surface area contributed by atoms with Crippen LogP contribution in [0.15, 0.2) is 18.2 Å². The second-order valence-electron chi connectivity index (χ2n) is 6.11. The number of amides is 2. The topological polar surface area (TPSA) is 81.1 Å². The average molecular weight is 352 g/mol. The third kappa shape index (κ3) is 7.89. The quantitative estimate of drug-likeness (QED) is 0.572. The number of benzene rings is 1. The summed E-state index contributed by atoms with van der Waals surface area (Å²) < 4.78 is 11.1. The van der Waals surface area contributed by atoms with E-state index < -0.39 is 0 Å². The number of rotatable bonds is 10. The summed E-state index contributed by atoms with van der Waals surface area (Å²) >= 11 is 0. The third-order valence-electron chi connectivity index (χ3n) is 3.20. The molecule has 0 fully saturated rings. The van der Waals surface area contributed by atoms with E-state index in [1.165, 1.54) is 0 Å². The Bertz CT molecular complexity index is 575. The lowest BCUT2D eigenvalue weighted by Crippen LogP contribution is -3.11. The van der Waals surface area contributed by atoms with E-state index in [0.717, 1.165) is 4.90 Å². The molecule has 0 saturated heterocycles. The van der Waals surface area contributed by atoms with Crippen molar-refractivity contribution in [2.24, 2.45) is 0 Å². The molecule has 140 valence electrons. The zero-order valence-electron chi connectivity index (χ0n) is 15.8. The summed E-state index contributed by atoms with van der Waals surface area (Å²) in [5.41, 5.74) is 0.635. The molecule has 0 bridgehead atoms. The van der Waals surface area contributed by atoms with Crippen LogP contribution in [0.1, 0.15) is 27.7 Å². The molecule has 3 N–H and O–H groups in total. The van der Waals surface area contributed by atoms with Gasteiger partial charge in [-0.2, -0.15) is 0 Å². The molecule has 0 aliphatic rings. The number of anilines is 1. The van der Waals surface area contributed by atoms with Gasteiger partial charge in [0.2, 0.25) is 0 Å². The first-order valence-electron chi connectivity index (χ1n) is 8.65. The highest BCUT2D eigenvalue weighted by Gasteiger charge is 2.15. The predicted molar refractivity (Wildman–Crippen MR) is 97.3 cm³/mol. The van der Waals surface area contributed by atoms with Crippen LogP contribution in [0.3, 0.4) is 0 Å². The molecule has 1 rings (SSSR count). The molecule has 0 spiro atoms. The Morgan fingerprint density at radius 1 is 1.04 bits per heavy atom. The Morgan fingerprint density at radius 3 is 2.24 bits per heavy atom. The number of quaternary nitrogens is 1. The average Bonchev–Trinajstić information content (AvgIpc) is 2.48. The molecule has 0 saturated carbocycles. The fourth-order valence-corrected chi connectivity index (χ4v) is 2.32. The smallest absolute Gasteiger partial charge is 0.279 e. The Morgan fingerprint density at radius 2 is 1.64 bits per heavy atom. The monoisotopic (exact) mass is 352 g/mol. The highest BCUT2D eigenvalue weighted by atomic mass is 16.5. The Balaban J connectivity index is 2.61. The van der Waals surface area contributed by atoms with Crippen LogP contribution in [0, 0.1) is 0 Å². The lowest BCUT2D eigenvalue weighted by molar-refractivity contribution is -0.862. The van der Waals surface area contributed by atoms with Crippen molar-refractivity contribution >= 4 is 17.5 Å². The lowest BCUT2D eigenvalue weighted by atomic mass is 10.2. The van der Waals surface area contributed by atoms with E-state index in [1.807, 2.05) is 34.7 Å². The van der Waals surface area contributed by atoms with Gasteiger partial charge in [0, 0.05) is 17.8 Å². The molecule has 7 heteroatoms. The fraction of sp³-hybridized carbons (Fsp3) is 0.556. The van der Waals surface area contributed by atoms with Crippen molar-refractivity contribution in [3.8, 4) is 11.5 Å². The summed E-state index contributed by atoms with van der Waals surface area (Å²) in [6, 6.07) is 5.38. The molecule has 0 aromatic heterocycles. The van der Waals surface area contributed by atoms with E-state index in [4.69, 9.17) is 9.47 Å². The molecule has 0 heterocycles. The SMILES string of the molecule is CCOc1ccc(NC(=O)C[NH+](C)CC(=O)NC(C)C)cc1OCC. The molecular weight excluding hydrogens is 322 g/mol. The fourth-order valence-electron chi connectivity index (χ4n) is 2.32. The number of carbonyl (C=O) groups excluding carboxylic acids is 2. The maximum absolute atomic E-state index is 12.2. The molecule has 0 radical (unpaired) electrons. The van der Waals surface area contributed by atoms with E-state index in [1.54, 1.807) is 18.2 Å². The van der Waals surface area contributed by atoms with Gasteiger partial charge in [0.25, 0.3) is 11.8 Å². The van der Waals surface area contributed by atoms with Crippen molar-refractivity contribution in [2.75, 3.05) is 38.7 Å². The van der Waals surface area contributed by atoms with Crippen molar-refractivity contribution in [1.82, 2.24) is 5.32 Å². The van der Waals surface area contributed by atoms with Crippen molar-refractivity contribution in [1.29, 1.82) is 0 Å². The third-order valence-corrected chi connectivity index (χ3v) is 3.20. The second-order valence-corrected chi connectivity index (χ2v) is 6.11. The first-order valence-corrected chi connectivity index (χ1v) is 8.65. The number of hydrogen-bond donors (Lipinski definition) is 3. The summed E-state index contributed by atoms with van der Waals surface area (Å²) in [6.07, 6.45) is 0. The van der Waals surface area contributed by atoms with Crippen LogP contribution in [0.25, 0.3) is 0 Å². The van der Waals surface area contributed by atoms with E-state index >= 15 is 0 Å². The van der Waals surface area contributed by atoms with Crippen LogP contribution in [-0.2, 0) is 9.59 Å². The lowest BCUT2D eigenvalue weighted by Gasteiger charge is -2.16. The van der Waals surface area contributed by atoms with Crippen molar-refractivity contribution in [3.05, 3.63) is 18.2 Å². The predicted octanol–water partition coefficient (Wildman–Crippen LogP) is 0.462. The highest BCUT2D eigenvalue weighted by Crippen LogP contribution is 2.30. The van der Waals surface area contributed by atoms with Gasteiger partial charge < -0.3 is 25.0 Å². The van der Waals surface area contributed by atoms with E-state index in [-0.39, 0.29) is 30.9 Å². The Hall–Kier alpha value is -2.28. The maximum atomic E-state index is 12.2. The van der Waals surface area contributed by atoms with Gasteiger partial charge >= 0.3 is 0 Å². The van der Waals surface area contributed by atoms with Crippen LogP contribution >= 0.6 is 0 Å². The van der Waals surface area contributed by atoms with Gasteiger partial charge in [-0.25, -0.2) is 0 Å². The van der Waals surface area contributed by atoms with Crippen LogP contribution in [0.4, 0.5) is 5.69 Å². The molecule has 1 aromatic carbocycles. The van der Waals surface area contributed by atoms with E-state index in [0.29, 0.717) is 30.4 Å². The first-order chi connectivity index (χ1) is 11.8. The zero-order chi connectivity index (χ0) is 18.8. The summed E-state index contributed by atoms with van der Waals surface area (Å²) in [4.78, 5) is 24.7. The van der Waals surface area contributed by atoms with Crippen molar-refractivity contribution in [2.45, 2.75) is 33.7 Å². The van der Waals surface area contributed by atoms with Gasteiger partial charge in [0.1, 0.15) is 0 Å². The Kier molecular flexibility index (Phi) is 8.77. The van der Waals surface area contributed by atoms with Crippen LogP contribution in [0.2, 0.25) is 0 Å². The Labute approximate surface area is 149 Å². The molecule has 1 aromatic rings. The largest absolute Gasteiger partial charge is 0.490 e. The number of ether oxygens (including phenoxy) is 2. The van der Waals surface area contributed by atoms with Crippen LogP contribution < -0.4 is 25.0 Å². The minimum atomic E-state index is -0.165. The van der Waals surface area contributed by atoms with Gasteiger partial charge in [-0.1, -0.05) is 0 Å². The van der Waals surface area contributed by atoms with Crippen molar-refractivity contribution < 1.29 is 24.0 Å². The molecule has 1 atom stereocenters. The minimum Gasteiger partial charge on any atom is -0.490 e. The molecule has 1 unspecified atom stereocenters. The summed E-state index contributed by atoms with van der Waals surface area (Å²) in [5, 5.41) is 5.64. The van der Waals surface area contributed by atoms with Gasteiger partial charge in [-0.15, -0.1) is 0 Å². The molecule has 2 amide bonds. The summed E-state index contributed by atoms with van der Waals surface area (Å²) in [7, 11) is 1.81. The van der Waals surface area contributed by atoms with Crippen LogP contribution in [0.5, 0.6) is 11.5 Å². The summed E-state index contributed by atoms with van der Waals surface area (Å²) in [6.45, 7) is 9.10. The zero-order valence-corrected chi connectivity index (χ0v) is 15.8. The highest BCUT2D eigenvalue weighted by molar-refractivity contribution is 5.92. The molecule has 0 aliphatic carbocycles. The van der Waals surface area contributed by atoms with Gasteiger partial charge in [0.15, 0.2) is 24.6 Å². The molecule has 7 nitrogen and oxygen atoms in total. The first kappa shape index (κ1) is 20.8. The van der Waals surface area contributed by atoms with Crippen LogP contribution in [-0.4, -0.2) is 51.2 Å². The van der Waals surface area contributed by atoms with Crippen molar-refractivity contribution in [3.63, 3.8) is 0 Å². The number of carbonyl (C=O) groups is 2. The van der Waals surface area contributed by atoms with E-state index in [9.17, 15) is 9.59 Å². The normalized spacial score (nSPS) is 11.8. The maximum Gasteiger partial charge on any atom is 0.279 e. The molecule has 0 aliphatic heterocycles. The number of nitrogens with one attached hydrogen (secondary N) is 3. The number of hydrogen-bond acceptors (Lipinski definition) is 4. The second kappa shape index (κ2) is 10.6. The standard InChI is InChI=1S/C18H29N3O4/c1-6-24-15-9-8-14(10-16(15)25-7-2)20-18(23)12-21(5)11-17(22)19-13(3)4/h8-10,13H,6-7,11-12H2,1-5H3,(H,19,22)(H,20,23)/p+1. The van der Waals surface area contributed by atoms with Gasteiger partial charge in [-0.05, 0) is 39.8 Å². The minimum absolute atomic E-state index is 0.0694. The summed E-state index contributed by atoms with van der Waals surface area (Å²) in [5.74, 6) is 1.01. The van der Waals surface area contributed by atoms with Gasteiger partial charge in [-0.3, -0.25) is 9.59 Å². The van der Waals surface area contributed by atoms with E-state index in [2.05, 4.69) is 10.6 Å². The van der Waals surface area contributed by atoms with Gasteiger partial charge in [0.05, 0.1) is 20.3 Å². The number of likely N-dealkylation sites (N-methyl/N-ethyl adjacent to an activating group) is 1. The molecular formula is C18H30N3O4+. The molecule has 25 heavy (non-hydrogen) atoms.